The summed E-state index contributed by atoms with van der Waals surface area (Å²) in [6, 6.07) is 0.117. The summed E-state index contributed by atoms with van der Waals surface area (Å²) in [5.74, 6) is 0.0189. The van der Waals surface area contributed by atoms with E-state index in [-0.39, 0.29) is 18.1 Å². The molecule has 2 aliphatic rings. The molecule has 1 aromatic heterocycles. The van der Waals surface area contributed by atoms with Crippen molar-refractivity contribution in [2.45, 2.75) is 31.9 Å². The number of aliphatic hydroxyl groups excluding tert-OH is 1. The first-order valence-electron chi connectivity index (χ1n) is 8.35. The van der Waals surface area contributed by atoms with Gasteiger partial charge in [0.25, 0.3) is 5.91 Å². The molecule has 1 amide bonds. The highest BCUT2D eigenvalue weighted by Crippen LogP contribution is 2.20. The average Bonchev–Trinajstić information content (AvgIpc) is 2.77. The van der Waals surface area contributed by atoms with Crippen LogP contribution in [0.3, 0.4) is 0 Å². The number of aromatic nitrogens is 2. The Morgan fingerprint density at radius 1 is 1.26 bits per heavy atom. The smallest absolute Gasteiger partial charge is 0.257 e. The van der Waals surface area contributed by atoms with Gasteiger partial charge in [0.15, 0.2) is 0 Å². The van der Waals surface area contributed by atoms with Gasteiger partial charge in [-0.2, -0.15) is 5.10 Å². The minimum Gasteiger partial charge on any atom is -0.391 e. The molecule has 128 valence electrons. The first-order valence-corrected chi connectivity index (χ1v) is 8.35. The van der Waals surface area contributed by atoms with Gasteiger partial charge in [-0.3, -0.25) is 14.4 Å². The molecule has 2 saturated heterocycles. The minimum absolute atomic E-state index is 0.0189. The average molecular weight is 322 g/mol. The number of rotatable bonds is 2. The molecule has 2 atom stereocenters. The van der Waals surface area contributed by atoms with Crippen LogP contribution in [-0.4, -0.2) is 82.1 Å². The van der Waals surface area contributed by atoms with E-state index in [2.05, 4.69) is 10.00 Å². The molecule has 0 aliphatic carbocycles. The molecule has 7 heteroatoms. The zero-order chi connectivity index (χ0) is 16.4. The third-order valence-corrected chi connectivity index (χ3v) is 4.88. The van der Waals surface area contributed by atoms with E-state index in [9.17, 15) is 9.90 Å². The highest BCUT2D eigenvalue weighted by molar-refractivity contribution is 5.95. The lowest BCUT2D eigenvalue weighted by Crippen LogP contribution is -2.49. The standard InChI is InChI=1S/C16H26N4O3/c1-12-13(11-18(2)17-12)16(22)20-5-3-14(15(21)4-6-20)19-7-9-23-10-8-19/h11,14-15,21H,3-10H2,1-2H3/t14-,15-/m0/s1. The Labute approximate surface area is 136 Å². The summed E-state index contributed by atoms with van der Waals surface area (Å²) in [6.45, 7) is 6.29. The van der Waals surface area contributed by atoms with Gasteiger partial charge in [-0.15, -0.1) is 0 Å². The van der Waals surface area contributed by atoms with Gasteiger partial charge in [-0.25, -0.2) is 0 Å². The molecule has 3 heterocycles. The van der Waals surface area contributed by atoms with Crippen LogP contribution in [0.15, 0.2) is 6.20 Å². The molecule has 0 bridgehead atoms. The van der Waals surface area contributed by atoms with Crippen molar-refractivity contribution in [1.29, 1.82) is 0 Å². The van der Waals surface area contributed by atoms with Crippen LogP contribution in [0.1, 0.15) is 28.9 Å². The number of hydrogen-bond donors (Lipinski definition) is 1. The van der Waals surface area contributed by atoms with E-state index in [1.165, 1.54) is 0 Å². The number of carbonyl (C=O) groups excluding carboxylic acids is 1. The highest BCUT2D eigenvalue weighted by atomic mass is 16.5. The molecule has 23 heavy (non-hydrogen) atoms. The Balaban J connectivity index is 1.67. The Kier molecular flexibility index (Phi) is 4.99. The van der Waals surface area contributed by atoms with E-state index in [1.807, 2.05) is 18.9 Å². The van der Waals surface area contributed by atoms with Gasteiger partial charge in [0.1, 0.15) is 0 Å². The Hall–Kier alpha value is -1.44. The van der Waals surface area contributed by atoms with Crippen molar-refractivity contribution in [3.8, 4) is 0 Å². The van der Waals surface area contributed by atoms with Gasteiger partial charge >= 0.3 is 0 Å². The summed E-state index contributed by atoms with van der Waals surface area (Å²) in [7, 11) is 1.82. The lowest BCUT2D eigenvalue weighted by molar-refractivity contribution is -0.0222. The van der Waals surface area contributed by atoms with Gasteiger partial charge in [0, 0.05) is 45.5 Å². The lowest BCUT2D eigenvalue weighted by atomic mass is 10.0. The summed E-state index contributed by atoms with van der Waals surface area (Å²) < 4.78 is 7.06. The van der Waals surface area contributed by atoms with Gasteiger partial charge in [-0.1, -0.05) is 0 Å². The number of carbonyl (C=O) groups is 1. The molecule has 0 unspecified atom stereocenters. The van der Waals surface area contributed by atoms with Crippen LogP contribution >= 0.6 is 0 Å². The minimum atomic E-state index is -0.388. The molecule has 0 saturated carbocycles. The molecule has 7 nitrogen and oxygen atoms in total. The molecule has 3 rings (SSSR count). The van der Waals surface area contributed by atoms with E-state index in [4.69, 9.17) is 4.74 Å². The summed E-state index contributed by atoms with van der Waals surface area (Å²) in [6.07, 6.45) is 2.80. The fourth-order valence-corrected chi connectivity index (χ4v) is 3.59. The molecular formula is C16H26N4O3. The number of amides is 1. The summed E-state index contributed by atoms with van der Waals surface area (Å²) in [5, 5.41) is 14.7. The molecular weight excluding hydrogens is 296 g/mol. The van der Waals surface area contributed by atoms with Crippen molar-refractivity contribution >= 4 is 5.91 Å². The maximum atomic E-state index is 12.7. The summed E-state index contributed by atoms with van der Waals surface area (Å²) in [4.78, 5) is 16.9. The molecule has 0 aromatic carbocycles. The Morgan fingerprint density at radius 2 is 1.96 bits per heavy atom. The van der Waals surface area contributed by atoms with Crippen LogP contribution in [0.4, 0.5) is 0 Å². The monoisotopic (exact) mass is 322 g/mol. The third kappa shape index (κ3) is 3.57. The van der Waals surface area contributed by atoms with Crippen LogP contribution in [0, 0.1) is 6.92 Å². The fourth-order valence-electron chi connectivity index (χ4n) is 3.59. The van der Waals surface area contributed by atoms with Crippen LogP contribution in [0.5, 0.6) is 0 Å². The zero-order valence-electron chi connectivity index (χ0n) is 13.9. The SMILES string of the molecule is Cc1nn(C)cc1C(=O)N1CC[C@H](O)[C@@H](N2CCOCC2)CC1. The van der Waals surface area contributed by atoms with E-state index in [0.717, 1.165) is 38.4 Å². The van der Waals surface area contributed by atoms with Crippen LogP contribution in [0.2, 0.25) is 0 Å². The largest absolute Gasteiger partial charge is 0.391 e. The number of likely N-dealkylation sites (tertiary alicyclic amines) is 1. The molecule has 2 aliphatic heterocycles. The maximum Gasteiger partial charge on any atom is 0.257 e. The van der Waals surface area contributed by atoms with Crippen molar-refractivity contribution in [3.05, 3.63) is 17.5 Å². The molecule has 0 spiro atoms. The number of ether oxygens (including phenoxy) is 1. The number of aliphatic hydroxyl groups is 1. The predicted molar refractivity (Wildman–Crippen MR) is 85.3 cm³/mol. The zero-order valence-corrected chi connectivity index (χ0v) is 13.9. The second-order valence-electron chi connectivity index (χ2n) is 6.45. The second-order valence-corrected chi connectivity index (χ2v) is 6.45. The van der Waals surface area contributed by atoms with Gasteiger partial charge in [-0.05, 0) is 19.8 Å². The summed E-state index contributed by atoms with van der Waals surface area (Å²) in [5.41, 5.74) is 1.42. The predicted octanol–water partition coefficient (Wildman–Crippen LogP) is 0.0262. The Bertz CT molecular complexity index is 554. The van der Waals surface area contributed by atoms with E-state index in [1.54, 1.807) is 10.9 Å². The second kappa shape index (κ2) is 6.98. The topological polar surface area (TPSA) is 70.8 Å². The van der Waals surface area contributed by atoms with E-state index in [0.29, 0.717) is 25.1 Å². The van der Waals surface area contributed by atoms with Gasteiger partial charge < -0.3 is 14.7 Å². The first-order chi connectivity index (χ1) is 11.1. The van der Waals surface area contributed by atoms with Gasteiger partial charge in [0.2, 0.25) is 0 Å². The first kappa shape index (κ1) is 16.4. The molecule has 1 aromatic rings. The van der Waals surface area contributed by atoms with Crippen molar-refractivity contribution in [2.24, 2.45) is 7.05 Å². The highest BCUT2D eigenvalue weighted by Gasteiger charge is 2.32. The molecule has 1 N–H and O–H groups in total. The van der Waals surface area contributed by atoms with Crippen LogP contribution in [0.25, 0.3) is 0 Å². The maximum absolute atomic E-state index is 12.7. The number of hydrogen-bond acceptors (Lipinski definition) is 5. The molecule has 2 fully saturated rings. The molecule has 0 radical (unpaired) electrons. The van der Waals surface area contributed by atoms with E-state index >= 15 is 0 Å². The number of nitrogens with zero attached hydrogens (tertiary/aromatic N) is 4. The third-order valence-electron chi connectivity index (χ3n) is 4.88. The number of aryl methyl sites for hydroxylation is 2. The lowest BCUT2D eigenvalue weighted by Gasteiger charge is -2.36. The van der Waals surface area contributed by atoms with Crippen molar-refractivity contribution in [1.82, 2.24) is 19.6 Å². The Morgan fingerprint density at radius 3 is 2.61 bits per heavy atom. The fraction of sp³-hybridized carbons (Fsp3) is 0.750. The summed E-state index contributed by atoms with van der Waals surface area (Å²) >= 11 is 0. The normalized spacial score (nSPS) is 27.0. The van der Waals surface area contributed by atoms with Crippen molar-refractivity contribution in [3.63, 3.8) is 0 Å². The number of morpholine rings is 1. The van der Waals surface area contributed by atoms with Crippen molar-refractivity contribution < 1.29 is 14.6 Å². The van der Waals surface area contributed by atoms with E-state index < -0.39 is 0 Å². The van der Waals surface area contributed by atoms with Crippen molar-refractivity contribution in [2.75, 3.05) is 39.4 Å². The quantitative estimate of drug-likeness (QED) is 0.832. The van der Waals surface area contributed by atoms with Gasteiger partial charge in [0.05, 0.1) is 30.6 Å². The van der Waals surface area contributed by atoms with Crippen LogP contribution in [-0.2, 0) is 11.8 Å². The van der Waals surface area contributed by atoms with Crippen LogP contribution < -0.4 is 0 Å².